The summed E-state index contributed by atoms with van der Waals surface area (Å²) in [7, 11) is 0. The van der Waals surface area contributed by atoms with Crippen molar-refractivity contribution in [2.45, 2.75) is 26.3 Å². The van der Waals surface area contributed by atoms with Crippen molar-refractivity contribution in [3.8, 4) is 6.07 Å². The molecule has 1 rings (SSSR count). The van der Waals surface area contributed by atoms with Crippen molar-refractivity contribution >= 4 is 11.6 Å². The summed E-state index contributed by atoms with van der Waals surface area (Å²) in [6.45, 7) is 5.31. The fraction of sp³-hybridized carbons (Fsp3) is 0.467. The molecule has 0 saturated heterocycles. The van der Waals surface area contributed by atoms with Crippen molar-refractivity contribution in [2.24, 2.45) is 0 Å². The van der Waals surface area contributed by atoms with Crippen molar-refractivity contribution in [1.29, 1.82) is 5.26 Å². The topological polar surface area (TPSA) is 76.4 Å². The normalized spacial score (nSPS) is 10.6. The van der Waals surface area contributed by atoms with Gasteiger partial charge in [0.1, 0.15) is 0 Å². The number of nitriles is 1. The SMILES string of the molecule is CC(C)N(CCO)CCC(=O)Nc1cccc(C#N)c1. The smallest absolute Gasteiger partial charge is 0.225 e. The van der Waals surface area contributed by atoms with Crippen molar-refractivity contribution in [2.75, 3.05) is 25.0 Å². The third-order valence-electron chi connectivity index (χ3n) is 3.02. The van der Waals surface area contributed by atoms with E-state index in [9.17, 15) is 4.79 Å². The minimum absolute atomic E-state index is 0.0873. The summed E-state index contributed by atoms with van der Waals surface area (Å²) in [6, 6.07) is 9.15. The summed E-state index contributed by atoms with van der Waals surface area (Å²) < 4.78 is 0. The molecule has 0 saturated carbocycles. The van der Waals surface area contributed by atoms with Gasteiger partial charge >= 0.3 is 0 Å². The first kappa shape index (κ1) is 16.2. The zero-order chi connectivity index (χ0) is 15.0. The number of hydrogen-bond donors (Lipinski definition) is 2. The minimum atomic E-state index is -0.0938. The van der Waals surface area contributed by atoms with Gasteiger partial charge in [0.25, 0.3) is 0 Å². The van der Waals surface area contributed by atoms with Crippen LogP contribution in [0.15, 0.2) is 24.3 Å². The number of anilines is 1. The van der Waals surface area contributed by atoms with E-state index in [2.05, 4.69) is 5.32 Å². The van der Waals surface area contributed by atoms with Gasteiger partial charge in [-0.2, -0.15) is 5.26 Å². The molecule has 0 bridgehead atoms. The molecule has 0 aliphatic rings. The third-order valence-corrected chi connectivity index (χ3v) is 3.02. The summed E-state index contributed by atoms with van der Waals surface area (Å²) in [4.78, 5) is 13.9. The van der Waals surface area contributed by atoms with Crippen LogP contribution < -0.4 is 5.32 Å². The van der Waals surface area contributed by atoms with Crippen molar-refractivity contribution in [3.05, 3.63) is 29.8 Å². The van der Waals surface area contributed by atoms with Crippen LogP contribution in [0.25, 0.3) is 0 Å². The van der Waals surface area contributed by atoms with Gasteiger partial charge in [0, 0.05) is 31.2 Å². The fourth-order valence-electron chi connectivity index (χ4n) is 1.89. The summed E-state index contributed by atoms with van der Waals surface area (Å²) in [6.07, 6.45) is 0.356. The van der Waals surface area contributed by atoms with Gasteiger partial charge in [-0.3, -0.25) is 9.69 Å². The van der Waals surface area contributed by atoms with Gasteiger partial charge in [-0.05, 0) is 32.0 Å². The second-order valence-corrected chi connectivity index (χ2v) is 4.84. The van der Waals surface area contributed by atoms with E-state index in [-0.39, 0.29) is 18.6 Å². The maximum absolute atomic E-state index is 11.9. The van der Waals surface area contributed by atoms with Gasteiger partial charge in [-0.1, -0.05) is 6.07 Å². The van der Waals surface area contributed by atoms with Crippen LogP contribution in [0.1, 0.15) is 25.8 Å². The van der Waals surface area contributed by atoms with E-state index in [4.69, 9.17) is 10.4 Å². The van der Waals surface area contributed by atoms with E-state index in [1.54, 1.807) is 24.3 Å². The lowest BCUT2D eigenvalue weighted by Crippen LogP contribution is -2.35. The van der Waals surface area contributed by atoms with Gasteiger partial charge < -0.3 is 10.4 Å². The summed E-state index contributed by atoms with van der Waals surface area (Å²) in [5.41, 5.74) is 1.15. The highest BCUT2D eigenvalue weighted by Crippen LogP contribution is 2.10. The molecule has 0 aromatic heterocycles. The van der Waals surface area contributed by atoms with Crippen LogP contribution in [0.3, 0.4) is 0 Å². The molecule has 1 aromatic rings. The van der Waals surface area contributed by atoms with E-state index in [0.29, 0.717) is 30.8 Å². The zero-order valence-electron chi connectivity index (χ0n) is 12.0. The van der Waals surface area contributed by atoms with Crippen LogP contribution in [0.5, 0.6) is 0 Å². The number of aliphatic hydroxyl groups excluding tert-OH is 1. The van der Waals surface area contributed by atoms with Crippen LogP contribution in [-0.2, 0) is 4.79 Å². The first-order valence-electron chi connectivity index (χ1n) is 6.71. The van der Waals surface area contributed by atoms with E-state index in [1.165, 1.54) is 0 Å². The maximum atomic E-state index is 11.9. The first-order chi connectivity index (χ1) is 9.56. The number of aliphatic hydroxyl groups is 1. The molecule has 0 aliphatic carbocycles. The van der Waals surface area contributed by atoms with Crippen LogP contribution in [0, 0.1) is 11.3 Å². The second-order valence-electron chi connectivity index (χ2n) is 4.84. The molecule has 2 N–H and O–H groups in total. The van der Waals surface area contributed by atoms with Crippen molar-refractivity contribution in [3.63, 3.8) is 0 Å². The Labute approximate surface area is 119 Å². The average Bonchev–Trinajstić information content (AvgIpc) is 2.43. The minimum Gasteiger partial charge on any atom is -0.395 e. The Morgan fingerprint density at radius 2 is 2.20 bits per heavy atom. The number of benzene rings is 1. The number of nitrogens with one attached hydrogen (secondary N) is 1. The Bertz CT molecular complexity index is 480. The predicted molar refractivity (Wildman–Crippen MR) is 78.2 cm³/mol. The average molecular weight is 275 g/mol. The van der Waals surface area contributed by atoms with Gasteiger partial charge in [-0.25, -0.2) is 0 Å². The van der Waals surface area contributed by atoms with E-state index in [1.807, 2.05) is 24.8 Å². The zero-order valence-corrected chi connectivity index (χ0v) is 12.0. The van der Waals surface area contributed by atoms with Crippen molar-refractivity contribution in [1.82, 2.24) is 4.90 Å². The number of nitrogens with zero attached hydrogens (tertiary/aromatic N) is 2. The van der Waals surface area contributed by atoms with Gasteiger partial charge in [-0.15, -0.1) is 0 Å². The first-order valence-corrected chi connectivity index (χ1v) is 6.71. The Morgan fingerprint density at radius 1 is 1.45 bits per heavy atom. The predicted octanol–water partition coefficient (Wildman–Crippen LogP) is 1.59. The number of carbonyl (C=O) groups excluding carboxylic acids is 1. The van der Waals surface area contributed by atoms with Crippen LogP contribution >= 0.6 is 0 Å². The molecule has 0 spiro atoms. The lowest BCUT2D eigenvalue weighted by molar-refractivity contribution is -0.116. The van der Waals surface area contributed by atoms with Crippen LogP contribution in [0.4, 0.5) is 5.69 Å². The molecule has 0 fully saturated rings. The molecule has 108 valence electrons. The lowest BCUT2D eigenvalue weighted by atomic mass is 10.2. The molecule has 0 unspecified atom stereocenters. The van der Waals surface area contributed by atoms with E-state index >= 15 is 0 Å². The lowest BCUT2D eigenvalue weighted by Gasteiger charge is -2.25. The quantitative estimate of drug-likeness (QED) is 0.792. The van der Waals surface area contributed by atoms with Gasteiger partial charge in [0.05, 0.1) is 18.2 Å². The Hall–Kier alpha value is -1.90. The molecule has 1 amide bonds. The van der Waals surface area contributed by atoms with Crippen molar-refractivity contribution < 1.29 is 9.90 Å². The number of carbonyl (C=O) groups is 1. The second kappa shape index (κ2) is 8.31. The molecule has 0 aliphatic heterocycles. The van der Waals surface area contributed by atoms with Gasteiger partial charge in [0.2, 0.25) is 5.91 Å². The molecule has 5 heteroatoms. The largest absolute Gasteiger partial charge is 0.395 e. The molecular weight excluding hydrogens is 254 g/mol. The standard InChI is InChI=1S/C15H21N3O2/c1-12(2)18(8-9-19)7-6-15(20)17-14-5-3-4-13(10-14)11-16/h3-5,10,12,19H,6-9H2,1-2H3,(H,17,20). The molecule has 20 heavy (non-hydrogen) atoms. The Morgan fingerprint density at radius 3 is 2.80 bits per heavy atom. The molecule has 1 aromatic carbocycles. The summed E-state index contributed by atoms with van der Waals surface area (Å²) >= 11 is 0. The van der Waals surface area contributed by atoms with E-state index in [0.717, 1.165) is 0 Å². The molecular formula is C15H21N3O2. The molecule has 0 radical (unpaired) electrons. The summed E-state index contributed by atoms with van der Waals surface area (Å²) in [5.74, 6) is -0.0938. The molecule has 0 atom stereocenters. The number of rotatable bonds is 7. The van der Waals surface area contributed by atoms with E-state index < -0.39 is 0 Å². The Balaban J connectivity index is 2.49. The monoisotopic (exact) mass is 275 g/mol. The third kappa shape index (κ3) is 5.39. The van der Waals surface area contributed by atoms with Crippen LogP contribution in [-0.4, -0.2) is 41.7 Å². The van der Waals surface area contributed by atoms with Gasteiger partial charge in [0.15, 0.2) is 0 Å². The highest BCUT2D eigenvalue weighted by molar-refractivity contribution is 5.90. The van der Waals surface area contributed by atoms with Crippen LogP contribution in [0.2, 0.25) is 0 Å². The number of hydrogen-bond acceptors (Lipinski definition) is 4. The Kier molecular flexibility index (Phi) is 6.71. The highest BCUT2D eigenvalue weighted by Gasteiger charge is 2.11. The summed E-state index contributed by atoms with van der Waals surface area (Å²) in [5, 5.41) is 20.5. The maximum Gasteiger partial charge on any atom is 0.225 e. The molecule has 5 nitrogen and oxygen atoms in total. The molecule has 0 heterocycles. The number of amides is 1. The fourth-order valence-corrected chi connectivity index (χ4v) is 1.89. The highest BCUT2D eigenvalue weighted by atomic mass is 16.3.